The minimum Gasteiger partial charge on any atom is -0.464 e. The smallest absolute Gasteiger partial charge is 0.329 e. The maximum atomic E-state index is 12.2. The summed E-state index contributed by atoms with van der Waals surface area (Å²) < 4.78 is 11.7. The first-order valence-electron chi connectivity index (χ1n) is 7.42. The van der Waals surface area contributed by atoms with Crippen molar-refractivity contribution in [2.75, 3.05) is 19.8 Å². The van der Waals surface area contributed by atoms with E-state index < -0.39 is 13.9 Å². The maximum Gasteiger partial charge on any atom is 0.329 e. The minimum absolute atomic E-state index is 0.0735. The molecule has 0 aromatic carbocycles. The largest absolute Gasteiger partial charge is 0.464 e. The van der Waals surface area contributed by atoms with Gasteiger partial charge in [0, 0.05) is 6.42 Å². The molecule has 0 aliphatic carbocycles. The van der Waals surface area contributed by atoms with Gasteiger partial charge in [-0.1, -0.05) is 20.8 Å². The van der Waals surface area contributed by atoms with Crippen LogP contribution in [0.3, 0.4) is 0 Å². The van der Waals surface area contributed by atoms with Crippen LogP contribution in [0.25, 0.3) is 0 Å². The standard InChI is InChI=1S/C14H25NO4Si/c1-13(2,3)20(4,5)19-11-6-14-10(8-17-12(14)16)9-18-15(14)7-11/h10-11H,6-9H2,1-5H3/t10-,11-,14-/m1/s1. The summed E-state index contributed by atoms with van der Waals surface area (Å²) in [5.41, 5.74) is -0.562. The van der Waals surface area contributed by atoms with E-state index in [9.17, 15) is 4.79 Å². The van der Waals surface area contributed by atoms with Gasteiger partial charge in [0.1, 0.15) is 0 Å². The van der Waals surface area contributed by atoms with Crippen LogP contribution >= 0.6 is 0 Å². The summed E-state index contributed by atoms with van der Waals surface area (Å²) >= 11 is 0. The highest BCUT2D eigenvalue weighted by molar-refractivity contribution is 6.74. The van der Waals surface area contributed by atoms with E-state index in [4.69, 9.17) is 14.0 Å². The summed E-state index contributed by atoms with van der Waals surface area (Å²) in [5, 5.41) is 2.01. The first-order valence-corrected chi connectivity index (χ1v) is 10.3. The zero-order valence-electron chi connectivity index (χ0n) is 13.1. The third-order valence-electron chi connectivity index (χ3n) is 5.50. The van der Waals surface area contributed by atoms with Gasteiger partial charge in [-0.3, -0.25) is 4.84 Å². The second kappa shape index (κ2) is 4.29. The lowest BCUT2D eigenvalue weighted by Gasteiger charge is -2.38. The van der Waals surface area contributed by atoms with Crippen molar-refractivity contribution in [3.63, 3.8) is 0 Å². The molecule has 0 amide bonds. The van der Waals surface area contributed by atoms with Gasteiger partial charge in [0.25, 0.3) is 0 Å². The summed E-state index contributed by atoms with van der Waals surface area (Å²) in [4.78, 5) is 17.9. The SMILES string of the molecule is CC(C)(C)[Si](C)(C)O[C@H]1CN2OC[C@H]3COC(=O)[C@@]32C1. The number of hydrogen-bond acceptors (Lipinski definition) is 5. The van der Waals surface area contributed by atoms with Crippen molar-refractivity contribution < 1.29 is 18.8 Å². The number of hydrogen-bond donors (Lipinski definition) is 0. The van der Waals surface area contributed by atoms with E-state index in [1.54, 1.807) is 0 Å². The Bertz CT molecular complexity index is 433. The molecule has 0 N–H and O–H groups in total. The minimum atomic E-state index is -1.82. The highest BCUT2D eigenvalue weighted by Gasteiger charge is 2.66. The van der Waals surface area contributed by atoms with Gasteiger partial charge in [-0.05, 0) is 18.1 Å². The molecular formula is C14H25NO4Si. The van der Waals surface area contributed by atoms with E-state index in [1.807, 2.05) is 5.06 Å². The van der Waals surface area contributed by atoms with Gasteiger partial charge in [-0.25, -0.2) is 4.79 Å². The number of hydroxylamine groups is 2. The highest BCUT2D eigenvalue weighted by Crippen LogP contribution is 2.48. The van der Waals surface area contributed by atoms with Crippen LogP contribution in [0.1, 0.15) is 27.2 Å². The van der Waals surface area contributed by atoms with Crippen LogP contribution in [-0.4, -0.2) is 50.8 Å². The number of ether oxygens (including phenoxy) is 1. The molecule has 6 heteroatoms. The molecule has 3 saturated heterocycles. The van der Waals surface area contributed by atoms with Gasteiger partial charge in [-0.15, -0.1) is 0 Å². The lowest BCUT2D eigenvalue weighted by molar-refractivity contribution is -0.176. The van der Waals surface area contributed by atoms with E-state index in [-0.39, 0.29) is 23.0 Å². The lowest BCUT2D eigenvalue weighted by Crippen LogP contribution is -2.46. The summed E-state index contributed by atoms with van der Waals surface area (Å²) in [6, 6.07) is 0. The molecule has 0 bridgehead atoms. The van der Waals surface area contributed by atoms with Crippen molar-refractivity contribution in [2.24, 2.45) is 5.92 Å². The molecule has 0 unspecified atom stereocenters. The fraction of sp³-hybridized carbons (Fsp3) is 0.929. The van der Waals surface area contributed by atoms with Gasteiger partial charge in [-0.2, -0.15) is 5.06 Å². The van der Waals surface area contributed by atoms with Crippen molar-refractivity contribution in [1.82, 2.24) is 5.06 Å². The molecule has 3 rings (SSSR count). The van der Waals surface area contributed by atoms with Crippen LogP contribution in [-0.2, 0) is 18.8 Å². The number of rotatable bonds is 2. The van der Waals surface area contributed by atoms with E-state index in [2.05, 4.69) is 33.9 Å². The average molecular weight is 299 g/mol. The maximum absolute atomic E-state index is 12.2. The second-order valence-corrected chi connectivity index (χ2v) is 12.5. The number of nitrogens with zero attached hydrogens (tertiary/aromatic N) is 1. The summed E-state index contributed by atoms with van der Waals surface area (Å²) in [5.74, 6) is 0.0457. The quantitative estimate of drug-likeness (QED) is 0.576. The number of esters is 1. The first kappa shape index (κ1) is 14.5. The van der Waals surface area contributed by atoms with Crippen LogP contribution in [0.15, 0.2) is 0 Å². The lowest BCUT2D eigenvalue weighted by atomic mass is 9.86. The molecule has 0 saturated carbocycles. The van der Waals surface area contributed by atoms with Crippen molar-refractivity contribution in [3.05, 3.63) is 0 Å². The van der Waals surface area contributed by atoms with Gasteiger partial charge < -0.3 is 9.16 Å². The van der Waals surface area contributed by atoms with Gasteiger partial charge in [0.2, 0.25) is 0 Å². The molecule has 3 fully saturated rings. The van der Waals surface area contributed by atoms with Gasteiger partial charge in [0.05, 0.1) is 31.8 Å². The van der Waals surface area contributed by atoms with E-state index in [1.165, 1.54) is 0 Å². The molecule has 1 spiro atoms. The number of cyclic esters (lactones) is 1. The molecule has 5 nitrogen and oxygen atoms in total. The Kier molecular flexibility index (Phi) is 3.11. The molecule has 3 aliphatic rings. The molecule has 3 atom stereocenters. The number of carbonyl (C=O) groups excluding carboxylic acids is 1. The highest BCUT2D eigenvalue weighted by atomic mass is 28.4. The zero-order chi connectivity index (χ0) is 14.8. The molecule has 3 aliphatic heterocycles. The third-order valence-corrected chi connectivity index (χ3v) is 10.0. The summed E-state index contributed by atoms with van der Waals surface area (Å²) in [6.45, 7) is 13.0. The molecule has 114 valence electrons. The Morgan fingerprint density at radius 1 is 1.35 bits per heavy atom. The molecule has 0 aromatic rings. The molecule has 20 heavy (non-hydrogen) atoms. The van der Waals surface area contributed by atoms with Crippen LogP contribution in [0.5, 0.6) is 0 Å². The molecule has 0 aromatic heterocycles. The number of carbonyl (C=O) groups is 1. The van der Waals surface area contributed by atoms with E-state index >= 15 is 0 Å². The fourth-order valence-corrected chi connectivity index (χ4v) is 4.57. The second-order valence-electron chi connectivity index (χ2n) is 7.78. The Hall–Kier alpha value is -0.433. The van der Waals surface area contributed by atoms with Crippen LogP contribution in [0.2, 0.25) is 18.1 Å². The van der Waals surface area contributed by atoms with Crippen molar-refractivity contribution in [1.29, 1.82) is 0 Å². The normalized spacial score (nSPS) is 38.0. The van der Waals surface area contributed by atoms with Gasteiger partial charge >= 0.3 is 5.97 Å². The third kappa shape index (κ3) is 1.89. The Balaban J connectivity index is 1.76. The van der Waals surface area contributed by atoms with Gasteiger partial charge in [0.15, 0.2) is 13.9 Å². The van der Waals surface area contributed by atoms with Crippen LogP contribution in [0, 0.1) is 5.92 Å². The van der Waals surface area contributed by atoms with Crippen LogP contribution in [0.4, 0.5) is 0 Å². The Morgan fingerprint density at radius 3 is 2.70 bits per heavy atom. The monoisotopic (exact) mass is 299 g/mol. The molecule has 0 radical (unpaired) electrons. The van der Waals surface area contributed by atoms with Crippen molar-refractivity contribution in [2.45, 2.75) is 57.0 Å². The van der Waals surface area contributed by atoms with E-state index in [0.717, 1.165) is 0 Å². The zero-order valence-corrected chi connectivity index (χ0v) is 14.1. The Labute approximate surface area is 121 Å². The van der Waals surface area contributed by atoms with Crippen LogP contribution < -0.4 is 0 Å². The average Bonchev–Trinajstić information content (AvgIpc) is 2.88. The first-order chi connectivity index (χ1) is 9.17. The Morgan fingerprint density at radius 2 is 2.05 bits per heavy atom. The van der Waals surface area contributed by atoms with Crippen molar-refractivity contribution >= 4 is 14.3 Å². The predicted octanol–water partition coefficient (Wildman–Crippen LogP) is 1.94. The predicted molar refractivity (Wildman–Crippen MR) is 76.5 cm³/mol. The van der Waals surface area contributed by atoms with Crippen molar-refractivity contribution in [3.8, 4) is 0 Å². The topological polar surface area (TPSA) is 48.0 Å². The molecule has 3 heterocycles. The molecular weight excluding hydrogens is 274 g/mol. The summed E-state index contributed by atoms with van der Waals surface area (Å²) in [7, 11) is -1.82. The van der Waals surface area contributed by atoms with E-state index in [0.29, 0.717) is 26.2 Å². The summed E-state index contributed by atoms with van der Waals surface area (Å²) in [6.07, 6.45) is 0.785. The fourth-order valence-electron chi connectivity index (χ4n) is 3.23.